The summed E-state index contributed by atoms with van der Waals surface area (Å²) in [7, 11) is 0. The Hall–Kier alpha value is -1.51. The molecule has 68 heavy (non-hydrogen) atoms. The number of carbonyl (C=O) groups excluding carboxylic acids is 1. The van der Waals surface area contributed by atoms with E-state index >= 15 is 0 Å². The summed E-state index contributed by atoms with van der Waals surface area (Å²) in [4.78, 5) is 15.0. The number of fused-ring (bicyclic) bond motifs is 7. The zero-order chi connectivity index (χ0) is 50.0. The minimum Gasteiger partial charge on any atom is -0.432 e. The van der Waals surface area contributed by atoms with Gasteiger partial charge in [-0.3, -0.25) is 4.79 Å². The minimum absolute atomic E-state index is 0.0494. The first-order valence-corrected chi connectivity index (χ1v) is 24.5. The van der Waals surface area contributed by atoms with Gasteiger partial charge in [0.15, 0.2) is 12.6 Å². The molecule has 3 aliphatic heterocycles. The van der Waals surface area contributed by atoms with Gasteiger partial charge in [0.2, 0.25) is 6.29 Å². The highest BCUT2D eigenvalue weighted by atomic mass is 16.8. The van der Waals surface area contributed by atoms with E-state index in [9.17, 15) is 71.2 Å². The van der Waals surface area contributed by atoms with Crippen LogP contribution in [0.25, 0.3) is 0 Å². The van der Waals surface area contributed by atoms with E-state index in [0.717, 1.165) is 5.57 Å². The lowest BCUT2D eigenvalue weighted by atomic mass is 9.33. The van der Waals surface area contributed by atoms with Gasteiger partial charge in [-0.2, -0.15) is 0 Å². The van der Waals surface area contributed by atoms with Gasteiger partial charge in [-0.25, -0.2) is 0 Å². The monoisotopic (exact) mass is 975 g/mol. The number of aliphatic hydroxyl groups excluding tert-OH is 13. The fourth-order valence-corrected chi connectivity index (χ4v) is 15.1. The summed E-state index contributed by atoms with van der Waals surface area (Å²) in [6.07, 6.45) is -21.7. The summed E-state index contributed by atoms with van der Waals surface area (Å²) >= 11 is 0. The molecular weight excluding hydrogens is 897 g/mol. The molecule has 0 radical (unpaired) electrons. The van der Waals surface area contributed by atoms with Gasteiger partial charge in [0.1, 0.15) is 67.1 Å². The highest BCUT2D eigenvalue weighted by Gasteiger charge is 2.73. The van der Waals surface area contributed by atoms with Crippen molar-refractivity contribution in [2.75, 3.05) is 19.8 Å². The Balaban J connectivity index is 0.991. The highest BCUT2D eigenvalue weighted by Crippen LogP contribution is 2.76. The van der Waals surface area contributed by atoms with E-state index in [-0.39, 0.29) is 23.7 Å². The zero-order valence-corrected chi connectivity index (χ0v) is 40.2. The maximum atomic E-state index is 15.0. The van der Waals surface area contributed by atoms with Gasteiger partial charge in [0.05, 0.1) is 49.7 Å². The van der Waals surface area contributed by atoms with E-state index < -0.39 is 169 Å². The number of rotatable bonds is 9. The molecule has 3 saturated heterocycles. The molecule has 0 aromatic heterocycles. The molecule has 26 atom stereocenters. The lowest BCUT2D eigenvalue weighted by Crippen LogP contribution is -2.71. The van der Waals surface area contributed by atoms with Crippen molar-refractivity contribution < 1.29 is 99.6 Å². The third kappa shape index (κ3) is 8.07. The number of allylic oxidation sites excluding steroid dienone is 2. The Bertz CT molecular complexity index is 1870. The molecule has 20 nitrogen and oxygen atoms in total. The molecule has 0 bridgehead atoms. The van der Waals surface area contributed by atoms with Crippen LogP contribution in [0.2, 0.25) is 0 Å². The summed E-state index contributed by atoms with van der Waals surface area (Å²) in [6.45, 7) is 12.1. The van der Waals surface area contributed by atoms with Crippen LogP contribution in [0.5, 0.6) is 0 Å². The summed E-state index contributed by atoms with van der Waals surface area (Å²) < 4.78 is 34.6. The topological polar surface area (TPSA) is 335 Å². The van der Waals surface area contributed by atoms with E-state index in [2.05, 4.69) is 40.7 Å². The van der Waals surface area contributed by atoms with Gasteiger partial charge in [-0.1, -0.05) is 53.2 Å². The predicted octanol–water partition coefficient (Wildman–Crippen LogP) is -1.92. The minimum atomic E-state index is -1.89. The van der Waals surface area contributed by atoms with Crippen LogP contribution in [0.4, 0.5) is 0 Å². The third-order valence-corrected chi connectivity index (χ3v) is 19.3. The largest absolute Gasteiger partial charge is 0.432 e. The molecule has 20 heteroatoms. The second-order valence-corrected chi connectivity index (χ2v) is 23.7. The van der Waals surface area contributed by atoms with Crippen molar-refractivity contribution in [3.05, 3.63) is 11.6 Å². The molecular formula is C48H78O20. The molecule has 8 aliphatic rings. The molecule has 5 aliphatic carbocycles. The summed E-state index contributed by atoms with van der Waals surface area (Å²) in [5.74, 6) is -1.51. The van der Waals surface area contributed by atoms with E-state index in [1.807, 2.05) is 0 Å². The maximum absolute atomic E-state index is 15.0. The van der Waals surface area contributed by atoms with Crippen molar-refractivity contribution in [1.29, 1.82) is 0 Å². The van der Waals surface area contributed by atoms with Crippen molar-refractivity contribution in [1.82, 2.24) is 0 Å². The van der Waals surface area contributed by atoms with Crippen LogP contribution >= 0.6 is 0 Å². The fourth-order valence-electron chi connectivity index (χ4n) is 15.1. The quantitative estimate of drug-likeness (QED) is 0.0885. The zero-order valence-electron chi connectivity index (χ0n) is 40.2. The average molecular weight is 975 g/mol. The summed E-state index contributed by atoms with van der Waals surface area (Å²) in [5, 5.41) is 142. The van der Waals surface area contributed by atoms with Gasteiger partial charge >= 0.3 is 5.97 Å². The Labute approximate surface area is 396 Å². The lowest BCUT2D eigenvalue weighted by molar-refractivity contribution is -0.361. The first-order chi connectivity index (χ1) is 31.7. The second kappa shape index (κ2) is 18.5. The maximum Gasteiger partial charge on any atom is 0.315 e. The molecule has 3 heterocycles. The van der Waals surface area contributed by atoms with Crippen molar-refractivity contribution >= 4 is 5.97 Å². The van der Waals surface area contributed by atoms with Crippen LogP contribution in [0.3, 0.4) is 0 Å². The molecule has 0 aromatic rings. The number of aliphatic hydroxyl groups is 13. The summed E-state index contributed by atoms with van der Waals surface area (Å²) in [6, 6.07) is 0. The van der Waals surface area contributed by atoms with Crippen LogP contribution in [0.1, 0.15) is 99.8 Å². The smallest absolute Gasteiger partial charge is 0.315 e. The molecule has 390 valence electrons. The molecule has 0 aromatic carbocycles. The van der Waals surface area contributed by atoms with E-state index in [1.165, 1.54) is 6.92 Å². The van der Waals surface area contributed by atoms with Crippen molar-refractivity contribution in [3.63, 3.8) is 0 Å². The number of carbonyl (C=O) groups is 1. The van der Waals surface area contributed by atoms with Crippen LogP contribution in [-0.2, 0) is 33.2 Å². The van der Waals surface area contributed by atoms with Crippen molar-refractivity contribution in [3.8, 4) is 0 Å². The molecule has 7 fully saturated rings. The molecule has 8 rings (SSSR count). The SMILES string of the molecule is C[C@@H]1O[C@@H](O[C@H]2[C@H](O)[C@@H](O)[C@H](OC[C@H]3O[C@@H](OC(=O)[C@]45CCC(C)(C)C[C@H]4C4=CC[C@@H]6[C@@]7(C)C[C@@H](O)[C@H](O)[C@@](C)(CO)[C@@H]7[C@H](O)C[C@@]6(C)[C@]4(C)CC5)C(O)[C@@H](O)C3O)O[C@@H]2CO)[C@H](O)[C@H](O)[C@H]1O. The Kier molecular flexibility index (Phi) is 14.3. The molecule has 13 N–H and O–H groups in total. The average Bonchev–Trinajstić information content (AvgIpc) is 3.28. The van der Waals surface area contributed by atoms with Crippen LogP contribution in [0.15, 0.2) is 11.6 Å². The third-order valence-electron chi connectivity index (χ3n) is 19.3. The molecule has 0 spiro atoms. The van der Waals surface area contributed by atoms with Gasteiger partial charge < -0.3 is 94.8 Å². The van der Waals surface area contributed by atoms with E-state index in [0.29, 0.717) is 44.9 Å². The second-order valence-electron chi connectivity index (χ2n) is 23.7. The van der Waals surface area contributed by atoms with Gasteiger partial charge in [0.25, 0.3) is 0 Å². The van der Waals surface area contributed by atoms with Crippen LogP contribution in [-0.4, -0.2) is 203 Å². The molecule has 4 saturated carbocycles. The number of hydrogen-bond acceptors (Lipinski definition) is 20. The normalized spacial score (nSPS) is 55.7. The van der Waals surface area contributed by atoms with Crippen LogP contribution in [0, 0.1) is 50.2 Å². The standard InChI is InChI=1S/C48H78O20/c1-20-28(53)30(55)33(58)40(64-20)67-36-25(17-49)65-39(35(60)32(36)57)63-18-26-29(54)31(56)34(59)41(66-26)68-42(62)48-12-10-43(2,3)14-22(48)21-8-9-27-44(4)15-24(52)38(61)45(5,19-50)37(44)23(51)16-47(27,7)46(21,6)11-13-48/h8,20,22-41,49-61H,9-19H2,1-7H3/t20-,22-,23+,24+,25+,26+,27+,28-,29?,30+,31-,32+,33+,34?,35+,36+,37+,38-,39+,40-,41-,44+,45-,46+,47+,48-/m0/s1. The summed E-state index contributed by atoms with van der Waals surface area (Å²) in [5.41, 5.74) is -3.01. The van der Waals surface area contributed by atoms with Gasteiger partial charge in [-0.15, -0.1) is 0 Å². The first-order valence-electron chi connectivity index (χ1n) is 24.5. The van der Waals surface area contributed by atoms with Crippen LogP contribution < -0.4 is 0 Å². The number of hydrogen-bond donors (Lipinski definition) is 13. The number of ether oxygens (including phenoxy) is 6. The first kappa shape index (κ1) is 52.8. The highest BCUT2D eigenvalue weighted by molar-refractivity contribution is 5.79. The molecule has 2 unspecified atom stereocenters. The predicted molar refractivity (Wildman–Crippen MR) is 233 cm³/mol. The molecule has 0 amide bonds. The van der Waals surface area contributed by atoms with Gasteiger partial charge in [-0.05, 0) is 91.8 Å². The number of esters is 1. The Morgan fingerprint density at radius 1 is 0.676 bits per heavy atom. The van der Waals surface area contributed by atoms with E-state index in [1.54, 1.807) is 6.92 Å². The van der Waals surface area contributed by atoms with E-state index in [4.69, 9.17) is 28.4 Å². The van der Waals surface area contributed by atoms with Crippen molar-refractivity contribution in [2.45, 2.75) is 210 Å². The van der Waals surface area contributed by atoms with Gasteiger partial charge in [0, 0.05) is 11.3 Å². The van der Waals surface area contributed by atoms with Crippen molar-refractivity contribution in [2.24, 2.45) is 50.2 Å². The Morgan fingerprint density at radius 3 is 1.96 bits per heavy atom. The fraction of sp³-hybridized carbons (Fsp3) is 0.938. The Morgan fingerprint density at radius 2 is 1.29 bits per heavy atom. The lowest BCUT2D eigenvalue weighted by Gasteiger charge is -2.72.